The molecule has 0 spiro atoms. The first-order valence-electron chi connectivity index (χ1n) is 5.38. The van der Waals surface area contributed by atoms with E-state index in [2.05, 4.69) is 47.7 Å². The molecule has 0 amide bonds. The van der Waals surface area contributed by atoms with Crippen LogP contribution in [-0.4, -0.2) is 14.4 Å². The Morgan fingerprint density at radius 1 is 1.23 bits per heavy atom. The van der Waals surface area contributed by atoms with Crippen molar-refractivity contribution in [2.24, 2.45) is 0 Å². The fraction of sp³-hybridized carbons (Fsp3) is 1.00. The lowest BCUT2D eigenvalue weighted by atomic mass is 10.2. The van der Waals surface area contributed by atoms with Crippen molar-refractivity contribution in [3.63, 3.8) is 0 Å². The van der Waals surface area contributed by atoms with Crippen molar-refractivity contribution in [3.8, 4) is 0 Å². The van der Waals surface area contributed by atoms with Crippen molar-refractivity contribution in [1.82, 2.24) is 0 Å². The van der Waals surface area contributed by atoms with Crippen molar-refractivity contribution < 1.29 is 4.43 Å². The molecule has 1 atom stereocenters. The normalized spacial score (nSPS) is 15.9. The van der Waals surface area contributed by atoms with Crippen LogP contribution in [0.3, 0.4) is 0 Å². The van der Waals surface area contributed by atoms with Gasteiger partial charge in [-0.1, -0.05) is 34.1 Å². The second-order valence-corrected chi connectivity index (χ2v) is 10.2. The van der Waals surface area contributed by atoms with Crippen LogP contribution in [0.2, 0.25) is 18.1 Å². The third-order valence-corrected chi connectivity index (χ3v) is 7.60. The number of hydrogen-bond donors (Lipinski definition) is 0. The van der Waals surface area contributed by atoms with Gasteiger partial charge < -0.3 is 4.43 Å². The third-order valence-electron chi connectivity index (χ3n) is 3.00. The highest BCUT2D eigenvalue weighted by Crippen LogP contribution is 2.37. The summed E-state index contributed by atoms with van der Waals surface area (Å²) in [5.74, 6) is 0. The van der Waals surface area contributed by atoms with Gasteiger partial charge in [-0.25, -0.2) is 0 Å². The summed E-state index contributed by atoms with van der Waals surface area (Å²) >= 11 is 0. The fourth-order valence-corrected chi connectivity index (χ4v) is 2.62. The molecule has 0 bridgehead atoms. The van der Waals surface area contributed by atoms with Gasteiger partial charge in [-0.3, -0.25) is 0 Å². The zero-order valence-corrected chi connectivity index (χ0v) is 11.4. The van der Waals surface area contributed by atoms with Crippen LogP contribution in [0.5, 0.6) is 0 Å². The molecule has 2 heteroatoms. The van der Waals surface area contributed by atoms with Crippen LogP contribution < -0.4 is 0 Å². The molecule has 0 aromatic rings. The average Bonchev–Trinajstić information content (AvgIpc) is 1.83. The molecule has 13 heavy (non-hydrogen) atoms. The van der Waals surface area contributed by atoms with Crippen LogP contribution in [0, 0.1) is 0 Å². The predicted molar refractivity (Wildman–Crippen MR) is 62.7 cm³/mol. The molecule has 0 fully saturated rings. The van der Waals surface area contributed by atoms with E-state index in [0.717, 1.165) is 0 Å². The lowest BCUT2D eigenvalue weighted by Gasteiger charge is -2.38. The minimum atomic E-state index is -1.51. The van der Waals surface area contributed by atoms with Crippen LogP contribution in [0.4, 0.5) is 0 Å². The molecule has 0 aromatic heterocycles. The van der Waals surface area contributed by atoms with E-state index >= 15 is 0 Å². The minimum absolute atomic E-state index is 0.342. The summed E-state index contributed by atoms with van der Waals surface area (Å²) in [5.41, 5.74) is 0. The molecule has 1 nitrogen and oxygen atoms in total. The van der Waals surface area contributed by atoms with Gasteiger partial charge in [0.1, 0.15) is 0 Å². The molecule has 80 valence electrons. The van der Waals surface area contributed by atoms with Gasteiger partial charge in [0, 0.05) is 6.10 Å². The Morgan fingerprint density at radius 2 is 1.69 bits per heavy atom. The van der Waals surface area contributed by atoms with Crippen LogP contribution in [-0.2, 0) is 4.43 Å². The molecule has 0 saturated heterocycles. The molecule has 0 rings (SSSR count). The monoisotopic (exact) mass is 202 g/mol. The summed E-state index contributed by atoms with van der Waals surface area (Å²) in [6.45, 7) is 15.9. The Balaban J connectivity index is 4.17. The lowest BCUT2D eigenvalue weighted by molar-refractivity contribution is 0.188. The summed E-state index contributed by atoms with van der Waals surface area (Å²) < 4.78 is 6.18. The largest absolute Gasteiger partial charge is 0.414 e. The molecule has 0 saturated carbocycles. The maximum atomic E-state index is 6.18. The van der Waals surface area contributed by atoms with Gasteiger partial charge in [0.25, 0.3) is 0 Å². The Kier molecular flexibility index (Phi) is 4.67. The molecule has 0 heterocycles. The highest BCUT2D eigenvalue weighted by atomic mass is 28.4. The summed E-state index contributed by atoms with van der Waals surface area (Å²) in [7, 11) is -1.51. The number of rotatable bonds is 4. The molecule has 0 N–H and O–H groups in total. The Labute approximate surface area is 85.0 Å². The van der Waals surface area contributed by atoms with Crippen LogP contribution in [0.1, 0.15) is 47.5 Å². The van der Waals surface area contributed by atoms with Gasteiger partial charge >= 0.3 is 0 Å². The zero-order valence-electron chi connectivity index (χ0n) is 10.4. The summed E-state index contributed by atoms with van der Waals surface area (Å²) in [6, 6.07) is 0. The molecule has 0 aliphatic heterocycles. The first kappa shape index (κ1) is 13.2. The highest BCUT2D eigenvalue weighted by Gasteiger charge is 2.38. The standard InChI is InChI=1S/C11H26OSi/c1-8-9-10(2)12-13(6,7)11(3,4)5/h10H,8-9H2,1-7H3/t10-/m0/s1. The van der Waals surface area contributed by atoms with Gasteiger partial charge in [0.05, 0.1) is 0 Å². The van der Waals surface area contributed by atoms with Gasteiger partial charge in [-0.2, -0.15) is 0 Å². The van der Waals surface area contributed by atoms with Crippen LogP contribution >= 0.6 is 0 Å². The fourth-order valence-electron chi connectivity index (χ4n) is 1.15. The first-order chi connectivity index (χ1) is 5.70. The summed E-state index contributed by atoms with van der Waals surface area (Å²) in [4.78, 5) is 0. The van der Waals surface area contributed by atoms with Crippen molar-refractivity contribution in [2.75, 3.05) is 0 Å². The zero-order chi connectivity index (χ0) is 10.7. The molecule has 0 unspecified atom stereocenters. The second-order valence-electron chi connectivity index (χ2n) is 5.48. The van der Waals surface area contributed by atoms with E-state index in [4.69, 9.17) is 4.43 Å². The smallest absolute Gasteiger partial charge is 0.192 e. The molecule has 0 aliphatic carbocycles. The maximum absolute atomic E-state index is 6.18. The summed E-state index contributed by atoms with van der Waals surface area (Å²) in [5, 5.41) is 0.342. The van der Waals surface area contributed by atoms with E-state index in [0.29, 0.717) is 11.1 Å². The van der Waals surface area contributed by atoms with Gasteiger partial charge in [-0.05, 0) is 31.5 Å². The van der Waals surface area contributed by atoms with Gasteiger partial charge in [0.15, 0.2) is 8.32 Å². The van der Waals surface area contributed by atoms with E-state index < -0.39 is 8.32 Å². The van der Waals surface area contributed by atoms with Crippen molar-refractivity contribution in [3.05, 3.63) is 0 Å². The third kappa shape index (κ3) is 4.27. The van der Waals surface area contributed by atoms with Gasteiger partial charge in [-0.15, -0.1) is 0 Å². The molecular weight excluding hydrogens is 176 g/mol. The number of hydrogen-bond acceptors (Lipinski definition) is 1. The van der Waals surface area contributed by atoms with E-state index in [1.807, 2.05) is 0 Å². The Hall–Kier alpha value is 0.177. The maximum Gasteiger partial charge on any atom is 0.192 e. The Morgan fingerprint density at radius 3 is 2.00 bits per heavy atom. The highest BCUT2D eigenvalue weighted by molar-refractivity contribution is 6.74. The van der Waals surface area contributed by atoms with E-state index in [1.165, 1.54) is 12.8 Å². The Bertz CT molecular complexity index is 147. The first-order valence-corrected chi connectivity index (χ1v) is 8.29. The topological polar surface area (TPSA) is 9.23 Å². The van der Waals surface area contributed by atoms with E-state index in [1.54, 1.807) is 0 Å². The average molecular weight is 202 g/mol. The van der Waals surface area contributed by atoms with Gasteiger partial charge in [0.2, 0.25) is 0 Å². The molecular formula is C11H26OSi. The van der Waals surface area contributed by atoms with Crippen LogP contribution in [0.15, 0.2) is 0 Å². The predicted octanol–water partition coefficient (Wildman–Crippen LogP) is 4.20. The molecule has 0 radical (unpaired) electrons. The summed E-state index contributed by atoms with van der Waals surface area (Å²) in [6.07, 6.45) is 2.84. The lowest BCUT2D eigenvalue weighted by Crippen LogP contribution is -2.43. The molecule has 0 aliphatic rings. The van der Waals surface area contributed by atoms with E-state index in [-0.39, 0.29) is 0 Å². The van der Waals surface area contributed by atoms with E-state index in [9.17, 15) is 0 Å². The van der Waals surface area contributed by atoms with Crippen molar-refractivity contribution in [2.45, 2.75) is 71.7 Å². The molecule has 0 aromatic carbocycles. The van der Waals surface area contributed by atoms with Crippen molar-refractivity contribution >= 4 is 8.32 Å². The quantitative estimate of drug-likeness (QED) is 0.621. The van der Waals surface area contributed by atoms with Crippen molar-refractivity contribution in [1.29, 1.82) is 0 Å². The second kappa shape index (κ2) is 4.60. The SMILES string of the molecule is CCC[C@H](C)O[Si](C)(C)C(C)(C)C. The minimum Gasteiger partial charge on any atom is -0.414 e. The van der Waals surface area contributed by atoms with Crippen LogP contribution in [0.25, 0.3) is 0 Å².